The predicted molar refractivity (Wildman–Crippen MR) is 73.1 cm³/mol. The number of hydrogen-bond donors (Lipinski definition) is 1. The number of carbonyl (C=O) groups is 1. The molecule has 0 saturated carbocycles. The molecule has 0 radical (unpaired) electrons. The van der Waals surface area contributed by atoms with Crippen molar-refractivity contribution >= 4 is 11.7 Å². The fourth-order valence-corrected chi connectivity index (χ4v) is 1.95. The molecule has 3 aromatic heterocycles. The zero-order valence-corrected chi connectivity index (χ0v) is 10.9. The molecule has 6 heteroatoms. The molecule has 0 aliphatic rings. The first kappa shape index (κ1) is 12.3. The standard InChI is InChI=1S/C14H13N5O/c1-10(11-3-6-15-7-4-11)17-13(20)12-9-19-8-2-5-16-14(19)18-12/h2-10H,1H3,(H,17,20)/t10-/m0/s1. The maximum Gasteiger partial charge on any atom is 0.272 e. The van der Waals surface area contributed by atoms with E-state index in [2.05, 4.69) is 20.3 Å². The maximum atomic E-state index is 12.2. The third-order valence-corrected chi connectivity index (χ3v) is 3.02. The third kappa shape index (κ3) is 2.35. The summed E-state index contributed by atoms with van der Waals surface area (Å²) in [7, 11) is 0. The predicted octanol–water partition coefficient (Wildman–Crippen LogP) is 1.62. The zero-order valence-electron chi connectivity index (χ0n) is 10.9. The first-order valence-corrected chi connectivity index (χ1v) is 6.24. The summed E-state index contributed by atoms with van der Waals surface area (Å²) in [5.41, 5.74) is 1.35. The van der Waals surface area contributed by atoms with Gasteiger partial charge in [0.1, 0.15) is 5.69 Å². The van der Waals surface area contributed by atoms with E-state index in [9.17, 15) is 4.79 Å². The van der Waals surface area contributed by atoms with E-state index >= 15 is 0 Å². The summed E-state index contributed by atoms with van der Waals surface area (Å²) < 4.78 is 1.71. The van der Waals surface area contributed by atoms with Crippen molar-refractivity contribution in [2.45, 2.75) is 13.0 Å². The summed E-state index contributed by atoms with van der Waals surface area (Å²) in [4.78, 5) is 24.4. The first-order valence-electron chi connectivity index (χ1n) is 6.24. The highest BCUT2D eigenvalue weighted by Crippen LogP contribution is 2.11. The van der Waals surface area contributed by atoms with Crippen molar-refractivity contribution in [3.63, 3.8) is 0 Å². The second-order valence-corrected chi connectivity index (χ2v) is 4.43. The molecular formula is C14H13N5O. The summed E-state index contributed by atoms with van der Waals surface area (Å²) in [6, 6.07) is 5.42. The van der Waals surface area contributed by atoms with Gasteiger partial charge in [-0.2, -0.15) is 0 Å². The summed E-state index contributed by atoms with van der Waals surface area (Å²) in [5.74, 6) is 0.286. The van der Waals surface area contributed by atoms with Gasteiger partial charge in [0.15, 0.2) is 0 Å². The number of nitrogens with zero attached hydrogens (tertiary/aromatic N) is 4. The van der Waals surface area contributed by atoms with Gasteiger partial charge < -0.3 is 5.32 Å². The SMILES string of the molecule is C[C@H](NC(=O)c1cn2cccnc2n1)c1ccncc1. The van der Waals surface area contributed by atoms with Crippen LogP contribution in [-0.4, -0.2) is 25.3 Å². The highest BCUT2D eigenvalue weighted by Gasteiger charge is 2.14. The monoisotopic (exact) mass is 267 g/mol. The number of carbonyl (C=O) groups excluding carboxylic acids is 1. The molecule has 3 aromatic rings. The van der Waals surface area contributed by atoms with Gasteiger partial charge in [0.25, 0.3) is 5.91 Å². The second kappa shape index (κ2) is 5.08. The Morgan fingerprint density at radius 3 is 2.85 bits per heavy atom. The largest absolute Gasteiger partial charge is 0.344 e. The van der Waals surface area contributed by atoms with Crippen molar-refractivity contribution in [1.82, 2.24) is 24.7 Å². The molecule has 0 bridgehead atoms. The lowest BCUT2D eigenvalue weighted by Crippen LogP contribution is -2.26. The Hall–Kier alpha value is -2.76. The van der Waals surface area contributed by atoms with Crippen LogP contribution in [0.5, 0.6) is 0 Å². The number of rotatable bonds is 3. The maximum absolute atomic E-state index is 12.2. The van der Waals surface area contributed by atoms with E-state index in [0.29, 0.717) is 11.5 Å². The van der Waals surface area contributed by atoms with E-state index in [1.54, 1.807) is 41.5 Å². The summed E-state index contributed by atoms with van der Waals surface area (Å²) in [6.45, 7) is 1.92. The number of nitrogens with one attached hydrogen (secondary N) is 1. The third-order valence-electron chi connectivity index (χ3n) is 3.02. The van der Waals surface area contributed by atoms with Crippen LogP contribution in [0.4, 0.5) is 0 Å². The van der Waals surface area contributed by atoms with E-state index in [0.717, 1.165) is 5.56 Å². The molecule has 0 aromatic carbocycles. The molecule has 1 N–H and O–H groups in total. The number of pyridine rings is 1. The minimum absolute atomic E-state index is 0.108. The van der Waals surface area contributed by atoms with E-state index in [1.165, 1.54) is 0 Å². The average molecular weight is 267 g/mol. The van der Waals surface area contributed by atoms with Crippen LogP contribution in [-0.2, 0) is 0 Å². The molecule has 20 heavy (non-hydrogen) atoms. The number of imidazole rings is 1. The van der Waals surface area contributed by atoms with Crippen molar-refractivity contribution < 1.29 is 4.79 Å². The number of fused-ring (bicyclic) bond motifs is 1. The van der Waals surface area contributed by atoms with Gasteiger partial charge in [0, 0.05) is 31.0 Å². The van der Waals surface area contributed by atoms with Crippen molar-refractivity contribution in [2.75, 3.05) is 0 Å². The van der Waals surface area contributed by atoms with Crippen LogP contribution in [0.25, 0.3) is 5.78 Å². The molecule has 0 spiro atoms. The molecule has 3 heterocycles. The van der Waals surface area contributed by atoms with E-state index in [4.69, 9.17) is 0 Å². The summed E-state index contributed by atoms with van der Waals surface area (Å²) >= 11 is 0. The highest BCUT2D eigenvalue weighted by molar-refractivity contribution is 5.92. The summed E-state index contributed by atoms with van der Waals surface area (Å²) in [5, 5.41) is 2.90. The highest BCUT2D eigenvalue weighted by atomic mass is 16.2. The van der Waals surface area contributed by atoms with Gasteiger partial charge >= 0.3 is 0 Å². The van der Waals surface area contributed by atoms with E-state index in [1.807, 2.05) is 19.1 Å². The Labute approximate surface area is 115 Å². The van der Waals surface area contributed by atoms with Crippen molar-refractivity contribution in [1.29, 1.82) is 0 Å². The lowest BCUT2D eigenvalue weighted by molar-refractivity contribution is 0.0935. The zero-order chi connectivity index (χ0) is 13.9. The van der Waals surface area contributed by atoms with Crippen LogP contribution in [0.1, 0.15) is 29.0 Å². The van der Waals surface area contributed by atoms with Crippen LogP contribution in [0.3, 0.4) is 0 Å². The van der Waals surface area contributed by atoms with Crippen molar-refractivity contribution in [2.24, 2.45) is 0 Å². The topological polar surface area (TPSA) is 72.2 Å². The lowest BCUT2D eigenvalue weighted by atomic mass is 10.1. The molecule has 0 saturated heterocycles. The second-order valence-electron chi connectivity index (χ2n) is 4.43. The quantitative estimate of drug-likeness (QED) is 0.782. The Morgan fingerprint density at radius 2 is 2.10 bits per heavy atom. The van der Waals surface area contributed by atoms with Crippen LogP contribution in [0.2, 0.25) is 0 Å². The van der Waals surface area contributed by atoms with Gasteiger partial charge in [-0.3, -0.25) is 14.2 Å². The fraction of sp³-hybridized carbons (Fsp3) is 0.143. The van der Waals surface area contributed by atoms with Gasteiger partial charge in [-0.05, 0) is 30.7 Å². The summed E-state index contributed by atoms with van der Waals surface area (Å²) in [6.07, 6.45) is 8.51. The molecule has 0 aliphatic heterocycles. The van der Waals surface area contributed by atoms with Crippen LogP contribution >= 0.6 is 0 Å². The minimum Gasteiger partial charge on any atom is -0.344 e. The van der Waals surface area contributed by atoms with Crippen molar-refractivity contribution in [3.8, 4) is 0 Å². The Bertz CT molecular complexity index is 704. The fourth-order valence-electron chi connectivity index (χ4n) is 1.95. The van der Waals surface area contributed by atoms with Crippen LogP contribution in [0, 0.1) is 0 Å². The molecule has 1 amide bonds. The number of hydrogen-bond acceptors (Lipinski definition) is 4. The number of amides is 1. The minimum atomic E-state index is -0.222. The van der Waals surface area contributed by atoms with E-state index < -0.39 is 0 Å². The Morgan fingerprint density at radius 1 is 1.30 bits per heavy atom. The van der Waals surface area contributed by atoms with Gasteiger partial charge in [-0.25, -0.2) is 9.97 Å². The average Bonchev–Trinajstić information content (AvgIpc) is 2.92. The molecule has 1 atom stereocenters. The molecule has 0 unspecified atom stereocenters. The van der Waals surface area contributed by atoms with Crippen molar-refractivity contribution in [3.05, 3.63) is 60.4 Å². The lowest BCUT2D eigenvalue weighted by Gasteiger charge is -2.12. The van der Waals surface area contributed by atoms with Crippen LogP contribution in [0.15, 0.2) is 49.2 Å². The van der Waals surface area contributed by atoms with Gasteiger partial charge in [0.05, 0.1) is 6.04 Å². The van der Waals surface area contributed by atoms with Gasteiger partial charge in [0.2, 0.25) is 5.78 Å². The molecule has 6 nitrogen and oxygen atoms in total. The number of aromatic nitrogens is 4. The van der Waals surface area contributed by atoms with Gasteiger partial charge in [-0.15, -0.1) is 0 Å². The molecule has 3 rings (SSSR count). The van der Waals surface area contributed by atoms with E-state index in [-0.39, 0.29) is 11.9 Å². The van der Waals surface area contributed by atoms with Gasteiger partial charge in [-0.1, -0.05) is 0 Å². The Balaban J connectivity index is 1.79. The molecule has 0 fully saturated rings. The van der Waals surface area contributed by atoms with Crippen LogP contribution < -0.4 is 5.32 Å². The smallest absolute Gasteiger partial charge is 0.272 e. The molecule has 0 aliphatic carbocycles. The normalized spacial score (nSPS) is 12.2. The first-order chi connectivity index (χ1) is 9.74. The molecule has 100 valence electrons. The Kier molecular flexibility index (Phi) is 3.12. The molecular weight excluding hydrogens is 254 g/mol.